The molecular formula is C16H23F2NO3. The number of aryl methyl sites for hydroxylation is 1. The zero-order valence-electron chi connectivity index (χ0n) is 12.9. The van der Waals surface area contributed by atoms with Gasteiger partial charge in [-0.2, -0.15) is 8.78 Å². The summed E-state index contributed by atoms with van der Waals surface area (Å²) in [7, 11) is 0. The number of hydrogen-bond donors (Lipinski definition) is 2. The molecular weight excluding hydrogens is 292 g/mol. The summed E-state index contributed by atoms with van der Waals surface area (Å²) in [5.74, 6) is -0.694. The van der Waals surface area contributed by atoms with Gasteiger partial charge in [0, 0.05) is 6.04 Å². The maximum Gasteiger partial charge on any atom is 0.387 e. The number of benzene rings is 1. The zero-order chi connectivity index (χ0) is 16.5. The van der Waals surface area contributed by atoms with Crippen molar-refractivity contribution < 1.29 is 23.4 Å². The van der Waals surface area contributed by atoms with Crippen molar-refractivity contribution in [3.8, 4) is 5.75 Å². The summed E-state index contributed by atoms with van der Waals surface area (Å²) in [5.41, 5.74) is 0.998. The number of hydrogen-bond acceptors (Lipinski definition) is 3. The molecule has 0 bridgehead atoms. The Balaban J connectivity index is 2.42. The molecule has 0 saturated carbocycles. The topological polar surface area (TPSA) is 58.6 Å². The molecule has 1 aromatic carbocycles. The van der Waals surface area contributed by atoms with Gasteiger partial charge in [-0.05, 0) is 43.9 Å². The standard InChI is InChI=1S/C16H23F2NO3/c1-3-4-14(15(20)21)19-11(2)5-6-12-7-9-13(10-8-12)22-16(17)18/h7-11,14,16,19H,3-6H2,1-2H3,(H,20,21). The van der Waals surface area contributed by atoms with Crippen molar-refractivity contribution in [3.63, 3.8) is 0 Å². The van der Waals surface area contributed by atoms with Crippen LogP contribution in [0.3, 0.4) is 0 Å². The maximum atomic E-state index is 12.0. The fourth-order valence-electron chi connectivity index (χ4n) is 2.21. The highest BCUT2D eigenvalue weighted by Gasteiger charge is 2.18. The highest BCUT2D eigenvalue weighted by molar-refractivity contribution is 5.73. The number of alkyl halides is 2. The van der Waals surface area contributed by atoms with Crippen molar-refractivity contribution in [2.75, 3.05) is 0 Å². The molecule has 0 aliphatic carbocycles. The third-order valence-electron chi connectivity index (χ3n) is 3.38. The number of rotatable bonds is 10. The monoisotopic (exact) mass is 315 g/mol. The van der Waals surface area contributed by atoms with E-state index in [0.29, 0.717) is 6.42 Å². The van der Waals surface area contributed by atoms with Crippen LogP contribution in [0.5, 0.6) is 5.75 Å². The summed E-state index contributed by atoms with van der Waals surface area (Å²) in [6.45, 7) is 1.08. The predicted octanol–water partition coefficient (Wildman–Crippen LogP) is 3.45. The lowest BCUT2D eigenvalue weighted by atomic mass is 10.0. The number of carboxylic acid groups (broad SMARTS) is 1. The number of halogens is 2. The molecule has 2 atom stereocenters. The Morgan fingerprint density at radius 2 is 1.91 bits per heavy atom. The van der Waals surface area contributed by atoms with E-state index >= 15 is 0 Å². The lowest BCUT2D eigenvalue weighted by Crippen LogP contribution is -2.42. The molecule has 0 heterocycles. The van der Waals surface area contributed by atoms with Crippen molar-refractivity contribution in [2.24, 2.45) is 0 Å². The van der Waals surface area contributed by atoms with Gasteiger partial charge in [-0.3, -0.25) is 4.79 Å². The molecule has 0 saturated heterocycles. The predicted molar refractivity (Wildman–Crippen MR) is 80.3 cm³/mol. The van der Waals surface area contributed by atoms with Crippen LogP contribution in [-0.4, -0.2) is 29.8 Å². The maximum absolute atomic E-state index is 12.0. The summed E-state index contributed by atoms with van der Waals surface area (Å²) >= 11 is 0. The molecule has 6 heteroatoms. The van der Waals surface area contributed by atoms with E-state index in [1.54, 1.807) is 12.1 Å². The van der Waals surface area contributed by atoms with Gasteiger partial charge in [0.15, 0.2) is 0 Å². The molecule has 1 aromatic rings. The van der Waals surface area contributed by atoms with Crippen LogP contribution < -0.4 is 10.1 Å². The largest absolute Gasteiger partial charge is 0.480 e. The van der Waals surface area contributed by atoms with E-state index in [4.69, 9.17) is 5.11 Å². The van der Waals surface area contributed by atoms with Gasteiger partial charge in [0.2, 0.25) is 0 Å². The molecule has 22 heavy (non-hydrogen) atoms. The molecule has 1 rings (SSSR count). The Kier molecular flexibility index (Phi) is 7.80. The molecule has 0 amide bonds. The molecule has 0 fully saturated rings. The van der Waals surface area contributed by atoms with E-state index < -0.39 is 18.6 Å². The van der Waals surface area contributed by atoms with Gasteiger partial charge in [0.1, 0.15) is 11.8 Å². The summed E-state index contributed by atoms with van der Waals surface area (Å²) in [4.78, 5) is 11.1. The van der Waals surface area contributed by atoms with Gasteiger partial charge in [0.05, 0.1) is 0 Å². The van der Waals surface area contributed by atoms with E-state index in [0.717, 1.165) is 24.8 Å². The molecule has 2 unspecified atom stereocenters. The van der Waals surface area contributed by atoms with Crippen LogP contribution in [0.1, 0.15) is 38.7 Å². The van der Waals surface area contributed by atoms with E-state index in [-0.39, 0.29) is 11.8 Å². The molecule has 0 aromatic heterocycles. The van der Waals surface area contributed by atoms with Crippen LogP contribution in [0.4, 0.5) is 8.78 Å². The lowest BCUT2D eigenvalue weighted by Gasteiger charge is -2.19. The summed E-state index contributed by atoms with van der Waals surface area (Å²) in [6.07, 6.45) is 2.91. The average molecular weight is 315 g/mol. The van der Waals surface area contributed by atoms with Crippen LogP contribution in [0.25, 0.3) is 0 Å². The van der Waals surface area contributed by atoms with E-state index in [1.807, 2.05) is 13.8 Å². The second-order valence-electron chi connectivity index (χ2n) is 5.31. The minimum Gasteiger partial charge on any atom is -0.480 e. The van der Waals surface area contributed by atoms with Crippen LogP contribution in [0.15, 0.2) is 24.3 Å². The molecule has 0 aliphatic heterocycles. The Bertz CT molecular complexity index is 451. The van der Waals surface area contributed by atoms with Crippen LogP contribution in [0, 0.1) is 0 Å². The van der Waals surface area contributed by atoms with Crippen LogP contribution in [0.2, 0.25) is 0 Å². The lowest BCUT2D eigenvalue weighted by molar-refractivity contribution is -0.139. The average Bonchev–Trinajstić information content (AvgIpc) is 2.45. The second-order valence-corrected chi connectivity index (χ2v) is 5.31. The summed E-state index contributed by atoms with van der Waals surface area (Å²) in [5, 5.41) is 12.2. The van der Waals surface area contributed by atoms with Gasteiger partial charge in [-0.15, -0.1) is 0 Å². The molecule has 124 valence electrons. The smallest absolute Gasteiger partial charge is 0.387 e. The van der Waals surface area contributed by atoms with Gasteiger partial charge in [0.25, 0.3) is 0 Å². The second kappa shape index (κ2) is 9.35. The van der Waals surface area contributed by atoms with Crippen molar-refractivity contribution in [3.05, 3.63) is 29.8 Å². The fourth-order valence-corrected chi connectivity index (χ4v) is 2.21. The number of ether oxygens (including phenoxy) is 1. The van der Waals surface area contributed by atoms with Crippen molar-refractivity contribution >= 4 is 5.97 Å². The first-order valence-electron chi connectivity index (χ1n) is 7.45. The first kappa shape index (κ1) is 18.4. The highest BCUT2D eigenvalue weighted by Crippen LogP contribution is 2.16. The number of carboxylic acids is 1. The Hall–Kier alpha value is -1.69. The molecule has 0 spiro atoms. The summed E-state index contributed by atoms with van der Waals surface area (Å²) < 4.78 is 28.4. The van der Waals surface area contributed by atoms with Crippen molar-refractivity contribution in [1.29, 1.82) is 0 Å². The first-order valence-corrected chi connectivity index (χ1v) is 7.45. The van der Waals surface area contributed by atoms with E-state index in [1.165, 1.54) is 12.1 Å². The third-order valence-corrected chi connectivity index (χ3v) is 3.38. The number of aliphatic carboxylic acids is 1. The van der Waals surface area contributed by atoms with Crippen LogP contribution in [-0.2, 0) is 11.2 Å². The zero-order valence-corrected chi connectivity index (χ0v) is 12.9. The molecule has 0 aliphatic rings. The normalized spacial score (nSPS) is 13.9. The highest BCUT2D eigenvalue weighted by atomic mass is 19.3. The number of carbonyl (C=O) groups is 1. The van der Waals surface area contributed by atoms with Crippen molar-refractivity contribution in [2.45, 2.75) is 58.2 Å². The van der Waals surface area contributed by atoms with E-state index in [2.05, 4.69) is 10.1 Å². The molecule has 2 N–H and O–H groups in total. The van der Waals surface area contributed by atoms with Gasteiger partial charge >= 0.3 is 12.6 Å². The Labute approximate surface area is 129 Å². The van der Waals surface area contributed by atoms with Crippen LogP contribution >= 0.6 is 0 Å². The quantitative estimate of drug-likeness (QED) is 0.694. The minimum atomic E-state index is -2.82. The number of nitrogens with one attached hydrogen (secondary N) is 1. The van der Waals surface area contributed by atoms with Crippen molar-refractivity contribution in [1.82, 2.24) is 5.32 Å². The molecule has 4 nitrogen and oxygen atoms in total. The SMILES string of the molecule is CCCC(NC(C)CCc1ccc(OC(F)F)cc1)C(=O)O. The third kappa shape index (κ3) is 6.85. The minimum absolute atomic E-state index is 0.0599. The van der Waals surface area contributed by atoms with Gasteiger partial charge in [-0.25, -0.2) is 0 Å². The summed E-state index contributed by atoms with van der Waals surface area (Å²) in [6, 6.07) is 6.04. The fraction of sp³-hybridized carbons (Fsp3) is 0.562. The first-order chi connectivity index (χ1) is 10.4. The van der Waals surface area contributed by atoms with Gasteiger partial charge in [-0.1, -0.05) is 25.5 Å². The Morgan fingerprint density at radius 1 is 1.27 bits per heavy atom. The van der Waals surface area contributed by atoms with E-state index in [9.17, 15) is 13.6 Å². The molecule has 0 radical (unpaired) electrons. The Morgan fingerprint density at radius 3 is 2.41 bits per heavy atom. The van der Waals surface area contributed by atoms with Gasteiger partial charge < -0.3 is 15.2 Å².